The van der Waals surface area contributed by atoms with Crippen molar-refractivity contribution in [1.29, 1.82) is 0 Å². The standard InChI is InChI=1S/C58H70N4O3SSi/c1-4-5-6-7-10-13-36-67(37-14-11-8-9-12-35-66)55-40-51(61(49-19-15-17-43(2)38-49)47-25-21-45(22-26-47)57-59-33-34-63-57)29-31-53(55)54-32-30-52(41-56(54)67)62(50-20-16-18-44(3)39-50)48-27-23-46(24-28-48)58-64-42-60-65-58/h15-32,38-41,57-60,66H,4-14,33-37,42H2,1-3H3. The van der Waals surface area contributed by atoms with Gasteiger partial charge < -0.3 is 19.3 Å². The zero-order valence-electron chi connectivity index (χ0n) is 39.9. The smallest absolute Gasteiger partial charge is 0.204 e. The summed E-state index contributed by atoms with van der Waals surface area (Å²) in [5.41, 5.74) is 17.4. The number of thiol groups is 1. The number of ether oxygens (including phenoxy) is 2. The van der Waals surface area contributed by atoms with E-state index in [1.54, 1.807) is 10.4 Å². The summed E-state index contributed by atoms with van der Waals surface area (Å²) in [6, 6.07) is 53.1. The number of nitrogens with one attached hydrogen (secondary N) is 2. The van der Waals surface area contributed by atoms with Crippen molar-refractivity contribution in [2.45, 2.75) is 116 Å². The Morgan fingerprint density at radius 2 is 1.06 bits per heavy atom. The summed E-state index contributed by atoms with van der Waals surface area (Å²) in [6.45, 7) is 8.70. The van der Waals surface area contributed by atoms with Crippen LogP contribution < -0.4 is 31.0 Å². The van der Waals surface area contributed by atoms with E-state index < -0.39 is 14.4 Å². The molecule has 6 aromatic carbocycles. The second kappa shape index (κ2) is 22.6. The molecule has 3 unspecified atom stereocenters. The van der Waals surface area contributed by atoms with Crippen molar-refractivity contribution >= 4 is 65.2 Å². The first-order chi connectivity index (χ1) is 33.0. The van der Waals surface area contributed by atoms with Crippen LogP contribution in [0.1, 0.15) is 112 Å². The molecule has 0 saturated carbocycles. The van der Waals surface area contributed by atoms with Crippen LogP contribution >= 0.6 is 12.6 Å². The Morgan fingerprint density at radius 3 is 1.55 bits per heavy atom. The van der Waals surface area contributed by atoms with Crippen molar-refractivity contribution < 1.29 is 14.3 Å². The van der Waals surface area contributed by atoms with Gasteiger partial charge in [-0.2, -0.15) is 18.1 Å². The molecule has 7 nitrogen and oxygen atoms in total. The number of anilines is 6. The number of fused-ring (bicyclic) bond motifs is 3. The van der Waals surface area contributed by atoms with Crippen molar-refractivity contribution in [1.82, 2.24) is 10.8 Å². The third-order valence-electron chi connectivity index (χ3n) is 14.2. The van der Waals surface area contributed by atoms with Crippen LogP contribution in [0.4, 0.5) is 34.1 Å². The molecule has 9 heteroatoms. The van der Waals surface area contributed by atoms with Gasteiger partial charge in [-0.25, -0.2) is 0 Å². The van der Waals surface area contributed by atoms with Gasteiger partial charge in [0.1, 0.15) is 21.0 Å². The lowest BCUT2D eigenvalue weighted by Crippen LogP contribution is -2.55. The molecule has 2 N–H and O–H groups in total. The molecule has 0 spiro atoms. The van der Waals surface area contributed by atoms with Crippen molar-refractivity contribution in [2.75, 3.05) is 35.4 Å². The molecule has 0 aliphatic carbocycles. The summed E-state index contributed by atoms with van der Waals surface area (Å²) in [5.74, 6) is 0.966. The van der Waals surface area contributed by atoms with E-state index in [9.17, 15) is 0 Å². The Labute approximate surface area is 406 Å². The second-order valence-electron chi connectivity index (χ2n) is 18.9. The third kappa shape index (κ3) is 10.8. The molecule has 3 atom stereocenters. The molecule has 6 aromatic rings. The summed E-state index contributed by atoms with van der Waals surface area (Å²) < 4.78 is 11.8. The van der Waals surface area contributed by atoms with Gasteiger partial charge in [-0.05, 0) is 149 Å². The normalized spacial score (nSPS) is 18.6. The van der Waals surface area contributed by atoms with Gasteiger partial charge in [0.15, 0.2) is 0 Å². The fraction of sp³-hybridized carbons (Fsp3) is 0.379. The largest absolute Gasteiger partial charge is 0.358 e. The highest BCUT2D eigenvalue weighted by Crippen LogP contribution is 2.44. The summed E-state index contributed by atoms with van der Waals surface area (Å²) in [6.07, 6.45) is 13.5. The molecule has 2 fully saturated rings. The van der Waals surface area contributed by atoms with Gasteiger partial charge in [0, 0.05) is 46.2 Å². The first kappa shape index (κ1) is 47.4. The highest BCUT2D eigenvalue weighted by molar-refractivity contribution is 7.80. The van der Waals surface area contributed by atoms with E-state index in [1.807, 2.05) is 0 Å². The van der Waals surface area contributed by atoms with E-state index in [1.165, 1.54) is 122 Å². The number of unbranched alkanes of at least 4 members (excludes halogenated alkanes) is 9. The van der Waals surface area contributed by atoms with E-state index in [0.29, 0.717) is 6.73 Å². The van der Waals surface area contributed by atoms with Gasteiger partial charge in [0.2, 0.25) is 6.29 Å². The Morgan fingerprint density at radius 1 is 0.552 bits per heavy atom. The average molecular weight is 931 g/mol. The minimum absolute atomic E-state index is 0.0591. The molecular formula is C58H70N4O3SSi. The van der Waals surface area contributed by atoms with Crippen LogP contribution in [0.25, 0.3) is 11.1 Å². The van der Waals surface area contributed by atoms with Crippen LogP contribution in [0.15, 0.2) is 133 Å². The van der Waals surface area contributed by atoms with Gasteiger partial charge in [-0.1, -0.05) is 132 Å². The van der Waals surface area contributed by atoms with Crippen LogP contribution in [-0.4, -0.2) is 33.7 Å². The van der Waals surface area contributed by atoms with Gasteiger partial charge in [-0.3, -0.25) is 10.2 Å². The van der Waals surface area contributed by atoms with Crippen molar-refractivity contribution in [3.05, 3.63) is 156 Å². The van der Waals surface area contributed by atoms with Crippen LogP contribution in [-0.2, 0) is 14.3 Å². The second-order valence-corrected chi connectivity index (χ2v) is 23.6. The number of hydrogen-bond donors (Lipinski definition) is 3. The minimum Gasteiger partial charge on any atom is -0.358 e. The van der Waals surface area contributed by atoms with Crippen molar-refractivity contribution in [3.63, 3.8) is 0 Å². The van der Waals surface area contributed by atoms with E-state index >= 15 is 0 Å². The first-order valence-electron chi connectivity index (χ1n) is 25.1. The summed E-state index contributed by atoms with van der Waals surface area (Å²) in [5, 5.41) is 6.70. The van der Waals surface area contributed by atoms with E-state index in [-0.39, 0.29) is 6.23 Å². The predicted molar refractivity (Wildman–Crippen MR) is 285 cm³/mol. The van der Waals surface area contributed by atoms with E-state index in [2.05, 4.69) is 187 Å². The van der Waals surface area contributed by atoms with Crippen molar-refractivity contribution in [2.24, 2.45) is 0 Å². The molecule has 0 radical (unpaired) electrons. The van der Waals surface area contributed by atoms with E-state index in [0.717, 1.165) is 47.1 Å². The van der Waals surface area contributed by atoms with Crippen LogP contribution in [0.2, 0.25) is 12.1 Å². The molecule has 67 heavy (non-hydrogen) atoms. The Kier molecular flexibility index (Phi) is 16.0. The van der Waals surface area contributed by atoms with E-state index in [4.69, 9.17) is 14.3 Å². The minimum atomic E-state index is -2.38. The maximum Gasteiger partial charge on any atom is 0.204 e. The summed E-state index contributed by atoms with van der Waals surface area (Å²) in [4.78, 5) is 10.6. The highest BCUT2D eigenvalue weighted by atomic mass is 32.1. The Bertz CT molecular complexity index is 2360. The number of aryl methyl sites for hydroxylation is 2. The van der Waals surface area contributed by atoms with Gasteiger partial charge in [0.25, 0.3) is 0 Å². The molecule has 0 aromatic heterocycles. The Balaban J connectivity index is 1.17. The molecule has 9 rings (SSSR count). The molecule has 3 aliphatic rings. The molecule has 3 aliphatic heterocycles. The van der Waals surface area contributed by atoms with Crippen LogP contribution in [0.5, 0.6) is 0 Å². The molecule has 2 saturated heterocycles. The maximum atomic E-state index is 6.01. The maximum absolute atomic E-state index is 6.01. The zero-order valence-corrected chi connectivity index (χ0v) is 41.8. The monoisotopic (exact) mass is 930 g/mol. The van der Waals surface area contributed by atoms with Gasteiger partial charge in [-0.15, -0.1) is 0 Å². The molecule has 3 heterocycles. The topological polar surface area (TPSA) is 58.2 Å². The predicted octanol–water partition coefficient (Wildman–Crippen LogP) is 14.2. The molecular weight excluding hydrogens is 861 g/mol. The molecule has 350 valence electrons. The fourth-order valence-electron chi connectivity index (χ4n) is 10.8. The lowest BCUT2D eigenvalue weighted by Gasteiger charge is -2.33. The zero-order chi connectivity index (χ0) is 46.0. The quantitative estimate of drug-likeness (QED) is 0.0356. The summed E-state index contributed by atoms with van der Waals surface area (Å²) in [7, 11) is -2.38. The Hall–Kier alpha value is -4.71. The molecule has 0 bridgehead atoms. The lowest BCUT2D eigenvalue weighted by molar-refractivity contribution is -0.0657. The number of rotatable bonds is 22. The number of nitrogens with zero attached hydrogens (tertiary/aromatic N) is 2. The first-order valence-corrected chi connectivity index (χ1v) is 28.2. The SMILES string of the molecule is CCCCCCCC[Si]1(CCCCCCCS)c2cc(N(c3ccc(C4NCCO4)cc3)c3cccc(C)c3)ccc2-c2ccc(N(c3ccc(C4OCNO4)cc3)c3cccc(C)c3)cc21. The highest BCUT2D eigenvalue weighted by Gasteiger charge is 2.45. The van der Waals surface area contributed by atoms with Gasteiger partial charge >= 0.3 is 0 Å². The van der Waals surface area contributed by atoms with Gasteiger partial charge in [0.05, 0.1) is 6.61 Å². The van der Waals surface area contributed by atoms with Crippen molar-refractivity contribution in [3.8, 4) is 11.1 Å². The number of benzene rings is 6. The average Bonchev–Trinajstić information content (AvgIpc) is 4.15. The number of hydrogen-bond acceptors (Lipinski definition) is 8. The lowest BCUT2D eigenvalue weighted by atomic mass is 10.0. The summed E-state index contributed by atoms with van der Waals surface area (Å²) >= 11 is 4.56. The van der Waals surface area contributed by atoms with Crippen LogP contribution in [0.3, 0.4) is 0 Å². The third-order valence-corrected chi connectivity index (χ3v) is 19.8. The number of hydroxylamine groups is 1. The molecule has 0 amide bonds. The van der Waals surface area contributed by atoms with Crippen LogP contribution in [0, 0.1) is 13.8 Å². The fourth-order valence-corrected chi connectivity index (χ4v) is 16.6.